The molecule has 0 radical (unpaired) electrons. The van der Waals surface area contributed by atoms with E-state index in [1.807, 2.05) is 19.0 Å². The van der Waals surface area contributed by atoms with E-state index in [-0.39, 0.29) is 5.91 Å². The standard InChI is InChI=1S/C17H21N3O3/c1-20(2)11-5-8-15(21)19-14-7-4-6-12-13(17(22)23-3)9-10-18-16(12)14/h4,6-7,9-10H,5,8,11H2,1-3H3,(H,19,21). The maximum atomic E-state index is 12.1. The summed E-state index contributed by atoms with van der Waals surface area (Å²) in [5.74, 6) is -0.489. The Morgan fingerprint density at radius 2 is 2.04 bits per heavy atom. The van der Waals surface area contributed by atoms with Gasteiger partial charge in [0.25, 0.3) is 0 Å². The molecule has 23 heavy (non-hydrogen) atoms. The van der Waals surface area contributed by atoms with Crippen molar-refractivity contribution in [2.45, 2.75) is 12.8 Å². The highest BCUT2D eigenvalue weighted by Gasteiger charge is 2.13. The molecule has 1 aromatic heterocycles. The van der Waals surface area contributed by atoms with Crippen LogP contribution in [0.4, 0.5) is 5.69 Å². The van der Waals surface area contributed by atoms with E-state index >= 15 is 0 Å². The topological polar surface area (TPSA) is 71.5 Å². The van der Waals surface area contributed by atoms with E-state index in [4.69, 9.17) is 4.74 Å². The molecule has 0 saturated heterocycles. The molecule has 0 bridgehead atoms. The summed E-state index contributed by atoms with van der Waals surface area (Å²) in [4.78, 5) is 30.2. The number of nitrogens with one attached hydrogen (secondary N) is 1. The van der Waals surface area contributed by atoms with Crippen molar-refractivity contribution in [2.24, 2.45) is 0 Å². The number of carbonyl (C=O) groups is 2. The van der Waals surface area contributed by atoms with Gasteiger partial charge >= 0.3 is 5.97 Å². The lowest BCUT2D eigenvalue weighted by Crippen LogP contribution is -2.17. The number of esters is 1. The second-order valence-corrected chi connectivity index (χ2v) is 5.51. The number of benzene rings is 1. The molecule has 1 heterocycles. The number of carbonyl (C=O) groups excluding carboxylic acids is 2. The molecule has 1 aromatic carbocycles. The van der Waals surface area contributed by atoms with Crippen LogP contribution < -0.4 is 5.32 Å². The Bertz CT molecular complexity index is 713. The molecule has 0 aliphatic heterocycles. The van der Waals surface area contributed by atoms with Crippen molar-refractivity contribution in [1.82, 2.24) is 9.88 Å². The minimum atomic E-state index is -0.424. The third-order valence-corrected chi connectivity index (χ3v) is 3.46. The third kappa shape index (κ3) is 4.26. The summed E-state index contributed by atoms with van der Waals surface area (Å²) in [6.45, 7) is 0.855. The highest BCUT2D eigenvalue weighted by molar-refractivity contribution is 6.08. The van der Waals surface area contributed by atoms with Gasteiger partial charge < -0.3 is 15.0 Å². The van der Waals surface area contributed by atoms with Gasteiger partial charge in [0.15, 0.2) is 0 Å². The summed E-state index contributed by atoms with van der Waals surface area (Å²) in [6, 6.07) is 6.96. The molecule has 2 aromatic rings. The largest absolute Gasteiger partial charge is 0.465 e. The summed E-state index contributed by atoms with van der Waals surface area (Å²) >= 11 is 0. The first kappa shape index (κ1) is 16.9. The Labute approximate surface area is 135 Å². The molecular weight excluding hydrogens is 294 g/mol. The monoisotopic (exact) mass is 315 g/mol. The summed E-state index contributed by atoms with van der Waals surface area (Å²) in [5, 5.41) is 3.53. The van der Waals surface area contributed by atoms with Crippen molar-refractivity contribution in [1.29, 1.82) is 0 Å². The van der Waals surface area contributed by atoms with E-state index < -0.39 is 5.97 Å². The molecule has 0 aliphatic carbocycles. The molecule has 6 nitrogen and oxygen atoms in total. The Morgan fingerprint density at radius 3 is 2.74 bits per heavy atom. The number of hydrogen-bond acceptors (Lipinski definition) is 5. The smallest absolute Gasteiger partial charge is 0.338 e. The maximum absolute atomic E-state index is 12.1. The number of para-hydroxylation sites is 1. The Hall–Kier alpha value is -2.47. The molecule has 0 saturated carbocycles. The first-order valence-corrected chi connectivity index (χ1v) is 7.43. The van der Waals surface area contributed by atoms with Crippen molar-refractivity contribution in [3.8, 4) is 0 Å². The molecule has 2 rings (SSSR count). The fourth-order valence-corrected chi connectivity index (χ4v) is 2.33. The van der Waals surface area contributed by atoms with E-state index in [1.165, 1.54) is 13.3 Å². The summed E-state index contributed by atoms with van der Waals surface area (Å²) in [5.41, 5.74) is 1.61. The second-order valence-electron chi connectivity index (χ2n) is 5.51. The third-order valence-electron chi connectivity index (χ3n) is 3.46. The molecule has 122 valence electrons. The van der Waals surface area contributed by atoms with Crippen molar-refractivity contribution in [3.05, 3.63) is 36.0 Å². The number of ether oxygens (including phenoxy) is 1. The fourth-order valence-electron chi connectivity index (χ4n) is 2.33. The van der Waals surface area contributed by atoms with Gasteiger partial charge in [-0.2, -0.15) is 0 Å². The predicted molar refractivity (Wildman–Crippen MR) is 89.5 cm³/mol. The molecular formula is C17H21N3O3. The lowest BCUT2D eigenvalue weighted by atomic mass is 10.1. The normalized spacial score (nSPS) is 10.8. The molecule has 0 fully saturated rings. The Balaban J connectivity index is 2.21. The molecule has 1 amide bonds. The quantitative estimate of drug-likeness (QED) is 0.828. The van der Waals surface area contributed by atoms with Crippen LogP contribution in [0.25, 0.3) is 10.9 Å². The van der Waals surface area contributed by atoms with Gasteiger partial charge in [0, 0.05) is 18.0 Å². The number of methoxy groups -OCH3 is 1. The number of fused-ring (bicyclic) bond motifs is 1. The van der Waals surface area contributed by atoms with Gasteiger partial charge in [-0.05, 0) is 39.2 Å². The zero-order valence-corrected chi connectivity index (χ0v) is 13.6. The van der Waals surface area contributed by atoms with Gasteiger partial charge in [-0.25, -0.2) is 4.79 Å². The minimum Gasteiger partial charge on any atom is -0.465 e. The van der Waals surface area contributed by atoms with E-state index in [0.717, 1.165) is 13.0 Å². The molecule has 1 N–H and O–H groups in total. The number of pyridine rings is 1. The van der Waals surface area contributed by atoms with Crippen LogP contribution in [-0.2, 0) is 9.53 Å². The highest BCUT2D eigenvalue weighted by Crippen LogP contribution is 2.24. The van der Waals surface area contributed by atoms with Gasteiger partial charge in [-0.15, -0.1) is 0 Å². The van der Waals surface area contributed by atoms with Crippen molar-refractivity contribution >= 4 is 28.5 Å². The average molecular weight is 315 g/mol. The van der Waals surface area contributed by atoms with Gasteiger partial charge in [-0.3, -0.25) is 9.78 Å². The number of amides is 1. The van der Waals surface area contributed by atoms with Crippen LogP contribution in [0.3, 0.4) is 0 Å². The number of aromatic nitrogens is 1. The average Bonchev–Trinajstić information content (AvgIpc) is 2.53. The van der Waals surface area contributed by atoms with Crippen molar-refractivity contribution < 1.29 is 14.3 Å². The minimum absolute atomic E-state index is 0.0652. The zero-order chi connectivity index (χ0) is 16.8. The number of nitrogens with zero attached hydrogens (tertiary/aromatic N) is 2. The van der Waals surface area contributed by atoms with Gasteiger partial charge in [0.1, 0.15) is 0 Å². The van der Waals surface area contributed by atoms with E-state index in [9.17, 15) is 9.59 Å². The van der Waals surface area contributed by atoms with E-state index in [2.05, 4.69) is 10.3 Å². The van der Waals surface area contributed by atoms with Crippen LogP contribution in [0.5, 0.6) is 0 Å². The van der Waals surface area contributed by atoms with Gasteiger partial charge in [0.05, 0.1) is 23.9 Å². The lowest BCUT2D eigenvalue weighted by molar-refractivity contribution is -0.116. The summed E-state index contributed by atoms with van der Waals surface area (Å²) < 4.78 is 4.78. The van der Waals surface area contributed by atoms with Crippen LogP contribution in [0, 0.1) is 0 Å². The van der Waals surface area contributed by atoms with E-state index in [1.54, 1.807) is 24.3 Å². The summed E-state index contributed by atoms with van der Waals surface area (Å²) in [7, 11) is 5.28. The van der Waals surface area contributed by atoms with Gasteiger partial charge in [0.2, 0.25) is 5.91 Å². The molecule has 6 heteroatoms. The fraction of sp³-hybridized carbons (Fsp3) is 0.353. The molecule has 0 aliphatic rings. The maximum Gasteiger partial charge on any atom is 0.338 e. The Morgan fingerprint density at radius 1 is 1.26 bits per heavy atom. The summed E-state index contributed by atoms with van der Waals surface area (Å²) in [6.07, 6.45) is 2.76. The lowest BCUT2D eigenvalue weighted by Gasteiger charge is -2.11. The number of hydrogen-bond donors (Lipinski definition) is 1. The highest BCUT2D eigenvalue weighted by atomic mass is 16.5. The van der Waals surface area contributed by atoms with Crippen LogP contribution in [0.15, 0.2) is 30.5 Å². The van der Waals surface area contributed by atoms with Crippen LogP contribution in [0.1, 0.15) is 23.2 Å². The number of anilines is 1. The molecule has 0 atom stereocenters. The van der Waals surface area contributed by atoms with Crippen LogP contribution in [-0.4, -0.2) is 49.5 Å². The Kier molecular flexibility index (Phi) is 5.65. The predicted octanol–water partition coefficient (Wildman–Crippen LogP) is 2.30. The first-order valence-electron chi connectivity index (χ1n) is 7.43. The van der Waals surface area contributed by atoms with Gasteiger partial charge in [-0.1, -0.05) is 12.1 Å². The van der Waals surface area contributed by atoms with E-state index in [0.29, 0.717) is 28.6 Å². The van der Waals surface area contributed by atoms with Crippen molar-refractivity contribution in [3.63, 3.8) is 0 Å². The zero-order valence-electron chi connectivity index (χ0n) is 13.6. The molecule has 0 spiro atoms. The second kappa shape index (κ2) is 7.69. The SMILES string of the molecule is COC(=O)c1ccnc2c(NC(=O)CCCN(C)C)cccc12. The van der Waals surface area contributed by atoms with Crippen LogP contribution in [0.2, 0.25) is 0 Å². The molecule has 0 unspecified atom stereocenters. The first-order chi connectivity index (χ1) is 11.0. The van der Waals surface area contributed by atoms with Crippen LogP contribution >= 0.6 is 0 Å². The number of rotatable bonds is 6. The van der Waals surface area contributed by atoms with Crippen molar-refractivity contribution in [2.75, 3.05) is 33.1 Å².